The summed E-state index contributed by atoms with van der Waals surface area (Å²) in [4.78, 5) is 27.9. The number of Topliss-reactive ketones (excluding diaryl/α,β-unsaturated/α-hetero) is 1. The van der Waals surface area contributed by atoms with Crippen molar-refractivity contribution in [2.75, 3.05) is 25.4 Å². The predicted molar refractivity (Wildman–Crippen MR) is 117 cm³/mol. The minimum Gasteiger partial charge on any atom is -0.438 e. The lowest BCUT2D eigenvalue weighted by Gasteiger charge is -2.26. The van der Waals surface area contributed by atoms with Gasteiger partial charge < -0.3 is 10.1 Å². The van der Waals surface area contributed by atoms with Gasteiger partial charge in [-0.05, 0) is 25.2 Å². The van der Waals surface area contributed by atoms with Crippen LogP contribution in [0.25, 0.3) is 0 Å². The molecule has 0 bridgehead atoms. The fraction of sp³-hybridized carbons (Fsp3) is 0.762. The summed E-state index contributed by atoms with van der Waals surface area (Å²) in [6.45, 7) is 7.03. The molecule has 1 aliphatic carbocycles. The minimum absolute atomic E-state index is 0.0828. The molecule has 3 rings (SSSR count). The minimum atomic E-state index is -0.937. The van der Waals surface area contributed by atoms with Crippen molar-refractivity contribution in [3.63, 3.8) is 0 Å². The SMILES string of the molecule is CC(C)CCC(=O)C1OC(SCCN2CC=CC2)=NN1C(=O)NC1CCCCC1. The molecule has 8 heteroatoms. The van der Waals surface area contributed by atoms with E-state index in [-0.39, 0.29) is 17.9 Å². The first-order valence-corrected chi connectivity index (χ1v) is 11.9. The molecule has 1 unspecified atom stereocenters. The summed E-state index contributed by atoms with van der Waals surface area (Å²) in [6, 6.07) is -0.156. The Kier molecular flexibility index (Phi) is 8.41. The number of ketones is 1. The largest absolute Gasteiger partial charge is 0.438 e. The Morgan fingerprint density at radius 1 is 1.24 bits per heavy atom. The van der Waals surface area contributed by atoms with E-state index in [1.54, 1.807) is 0 Å². The zero-order valence-corrected chi connectivity index (χ0v) is 18.5. The molecule has 29 heavy (non-hydrogen) atoms. The highest BCUT2D eigenvalue weighted by atomic mass is 32.2. The van der Waals surface area contributed by atoms with E-state index < -0.39 is 6.23 Å². The van der Waals surface area contributed by atoms with Crippen LogP contribution in [0.4, 0.5) is 4.79 Å². The average molecular weight is 423 g/mol. The van der Waals surface area contributed by atoms with Crippen LogP contribution in [0, 0.1) is 5.92 Å². The lowest BCUT2D eigenvalue weighted by Crippen LogP contribution is -2.48. The van der Waals surface area contributed by atoms with Crippen LogP contribution in [0.3, 0.4) is 0 Å². The van der Waals surface area contributed by atoms with E-state index in [0.717, 1.165) is 57.5 Å². The molecule has 0 aromatic heterocycles. The monoisotopic (exact) mass is 422 g/mol. The molecule has 162 valence electrons. The summed E-state index contributed by atoms with van der Waals surface area (Å²) >= 11 is 1.47. The number of urea groups is 1. The van der Waals surface area contributed by atoms with Crippen molar-refractivity contribution in [3.05, 3.63) is 12.2 Å². The van der Waals surface area contributed by atoms with E-state index >= 15 is 0 Å². The summed E-state index contributed by atoms with van der Waals surface area (Å²) < 4.78 is 5.84. The van der Waals surface area contributed by atoms with Gasteiger partial charge in [-0.1, -0.05) is 57.0 Å². The zero-order valence-electron chi connectivity index (χ0n) is 17.6. The van der Waals surface area contributed by atoms with E-state index in [1.807, 2.05) is 0 Å². The second kappa shape index (κ2) is 11.0. The van der Waals surface area contributed by atoms with Crippen molar-refractivity contribution < 1.29 is 14.3 Å². The Morgan fingerprint density at radius 2 is 1.97 bits per heavy atom. The molecule has 2 heterocycles. The Hall–Kier alpha value is -1.54. The van der Waals surface area contributed by atoms with Gasteiger partial charge in [-0.2, -0.15) is 5.01 Å². The van der Waals surface area contributed by atoms with E-state index in [4.69, 9.17) is 4.74 Å². The third-order valence-corrected chi connectivity index (χ3v) is 6.35. The van der Waals surface area contributed by atoms with Gasteiger partial charge in [-0.25, -0.2) is 4.79 Å². The summed E-state index contributed by atoms with van der Waals surface area (Å²) in [6.07, 6.45) is 10.0. The molecule has 0 aromatic carbocycles. The van der Waals surface area contributed by atoms with Gasteiger partial charge in [0.05, 0.1) is 0 Å². The number of nitrogens with one attached hydrogen (secondary N) is 1. The van der Waals surface area contributed by atoms with Crippen LogP contribution in [0.2, 0.25) is 0 Å². The Morgan fingerprint density at radius 3 is 2.66 bits per heavy atom. The van der Waals surface area contributed by atoms with Gasteiger partial charge in [-0.3, -0.25) is 9.69 Å². The molecule has 0 radical (unpaired) electrons. The highest BCUT2D eigenvalue weighted by molar-refractivity contribution is 8.13. The number of hydrazone groups is 1. The number of nitrogens with zero attached hydrogens (tertiary/aromatic N) is 3. The fourth-order valence-electron chi connectivity index (χ4n) is 3.73. The summed E-state index contributed by atoms with van der Waals surface area (Å²) in [7, 11) is 0. The van der Waals surface area contributed by atoms with E-state index in [0.29, 0.717) is 17.6 Å². The fourth-order valence-corrected chi connectivity index (χ4v) is 4.56. The molecule has 7 nitrogen and oxygen atoms in total. The van der Waals surface area contributed by atoms with Crippen LogP contribution in [0.5, 0.6) is 0 Å². The maximum Gasteiger partial charge on any atom is 0.341 e. The van der Waals surface area contributed by atoms with E-state index in [2.05, 4.69) is 41.3 Å². The molecular weight excluding hydrogens is 388 g/mol. The van der Waals surface area contributed by atoms with Gasteiger partial charge in [0.2, 0.25) is 0 Å². The number of carbonyl (C=O) groups excluding carboxylic acids is 2. The zero-order chi connectivity index (χ0) is 20.6. The van der Waals surface area contributed by atoms with E-state index in [1.165, 1.54) is 23.2 Å². The smallest absolute Gasteiger partial charge is 0.341 e. The summed E-state index contributed by atoms with van der Waals surface area (Å²) in [5.74, 6) is 1.15. The van der Waals surface area contributed by atoms with E-state index in [9.17, 15) is 9.59 Å². The molecule has 0 spiro atoms. The van der Waals surface area contributed by atoms with Gasteiger partial charge in [0, 0.05) is 37.8 Å². The number of rotatable bonds is 8. The van der Waals surface area contributed by atoms with Crippen molar-refractivity contribution in [1.29, 1.82) is 0 Å². The number of hydrogen-bond donors (Lipinski definition) is 1. The van der Waals surface area contributed by atoms with Crippen LogP contribution in [-0.2, 0) is 9.53 Å². The topological polar surface area (TPSA) is 74.2 Å². The van der Waals surface area contributed by atoms with Crippen LogP contribution in [-0.4, -0.2) is 64.6 Å². The highest BCUT2D eigenvalue weighted by Gasteiger charge is 2.38. The molecule has 1 saturated carbocycles. The van der Waals surface area contributed by atoms with Crippen LogP contribution >= 0.6 is 11.8 Å². The first-order valence-electron chi connectivity index (χ1n) is 10.9. The molecule has 2 aliphatic heterocycles. The first kappa shape index (κ1) is 22.2. The molecular formula is C21H34N4O3S. The van der Waals surface area contributed by atoms with Crippen molar-refractivity contribution in [3.8, 4) is 0 Å². The van der Waals surface area contributed by atoms with Crippen molar-refractivity contribution in [2.45, 2.75) is 71.1 Å². The summed E-state index contributed by atoms with van der Waals surface area (Å²) in [5.41, 5.74) is 0. The highest BCUT2D eigenvalue weighted by Crippen LogP contribution is 2.24. The van der Waals surface area contributed by atoms with Gasteiger partial charge in [0.25, 0.3) is 11.5 Å². The molecule has 1 fully saturated rings. The number of hydrogen-bond acceptors (Lipinski definition) is 6. The van der Waals surface area contributed by atoms with Gasteiger partial charge in [0.1, 0.15) is 0 Å². The number of amides is 2. The Labute approximate surface area is 178 Å². The molecule has 0 saturated heterocycles. The molecule has 0 aromatic rings. The second-order valence-electron chi connectivity index (χ2n) is 8.44. The third-order valence-electron chi connectivity index (χ3n) is 5.54. The van der Waals surface area contributed by atoms with Crippen LogP contribution < -0.4 is 5.32 Å². The quantitative estimate of drug-likeness (QED) is 0.605. The Balaban J connectivity index is 1.57. The van der Waals surface area contributed by atoms with Crippen molar-refractivity contribution in [1.82, 2.24) is 15.2 Å². The molecule has 3 aliphatic rings. The average Bonchev–Trinajstić information content (AvgIpc) is 3.37. The predicted octanol–water partition coefficient (Wildman–Crippen LogP) is 3.57. The molecule has 2 amide bonds. The normalized spacial score (nSPS) is 22.8. The van der Waals surface area contributed by atoms with Gasteiger partial charge >= 0.3 is 6.03 Å². The number of thioether (sulfide) groups is 1. The van der Waals surface area contributed by atoms with Crippen LogP contribution in [0.1, 0.15) is 58.8 Å². The number of ether oxygens (including phenoxy) is 1. The maximum atomic E-state index is 12.8. The van der Waals surface area contributed by atoms with Gasteiger partial charge in [-0.15, -0.1) is 5.10 Å². The van der Waals surface area contributed by atoms with Crippen LogP contribution in [0.15, 0.2) is 17.3 Å². The molecule has 1 N–H and O–H groups in total. The van der Waals surface area contributed by atoms with Gasteiger partial charge in [0.15, 0.2) is 5.78 Å². The maximum absolute atomic E-state index is 12.8. The lowest BCUT2D eigenvalue weighted by molar-refractivity contribution is -0.131. The first-order chi connectivity index (χ1) is 14.0. The second-order valence-corrected chi connectivity index (χ2v) is 9.49. The molecule has 1 atom stereocenters. The number of carbonyl (C=O) groups is 2. The third kappa shape index (κ3) is 6.74. The Bertz CT molecular complexity index is 623. The standard InChI is InChI=1S/C21H34N4O3S/c1-16(2)10-11-18(26)19-25(20(27)22-17-8-4-3-5-9-17)23-21(28-19)29-15-14-24-12-6-7-13-24/h6-7,16-17,19H,3-5,8-15H2,1-2H3,(H,22,27). The summed E-state index contributed by atoms with van der Waals surface area (Å²) in [5, 5.41) is 9.07. The lowest BCUT2D eigenvalue weighted by atomic mass is 9.96. The van der Waals surface area contributed by atoms with Crippen molar-refractivity contribution >= 4 is 28.8 Å². The van der Waals surface area contributed by atoms with Crippen molar-refractivity contribution in [2.24, 2.45) is 11.0 Å².